The first-order valence-electron chi connectivity index (χ1n) is 12.2. The van der Waals surface area contributed by atoms with Crippen LogP contribution in [-0.4, -0.2) is 11.2 Å². The Hall–Kier alpha value is -2.17. The molecule has 0 amide bonds. The van der Waals surface area contributed by atoms with Crippen LogP contribution in [0.25, 0.3) is 17.3 Å². The van der Waals surface area contributed by atoms with Gasteiger partial charge in [-0.1, -0.05) is 76.3 Å². The molecule has 1 nitrogen and oxygen atoms in total. The van der Waals surface area contributed by atoms with Crippen molar-refractivity contribution in [1.29, 1.82) is 0 Å². The van der Waals surface area contributed by atoms with Gasteiger partial charge >= 0.3 is 6.18 Å². The Balaban J connectivity index is 1.48. The second kappa shape index (κ2) is 11.3. The van der Waals surface area contributed by atoms with Crippen molar-refractivity contribution in [2.24, 2.45) is 11.3 Å². The van der Waals surface area contributed by atoms with Crippen LogP contribution < -0.4 is 0 Å². The Bertz CT molecular complexity index is 897. The Morgan fingerprint density at radius 2 is 1.88 bits per heavy atom. The summed E-state index contributed by atoms with van der Waals surface area (Å²) in [5.74, 6) is 0.215. The molecule has 0 saturated heterocycles. The first-order chi connectivity index (χ1) is 15.8. The number of benzene rings is 1. The maximum atomic E-state index is 14.0. The van der Waals surface area contributed by atoms with E-state index in [9.17, 15) is 17.6 Å². The van der Waals surface area contributed by atoms with Crippen LogP contribution in [0.5, 0.6) is 0 Å². The molecular weight excluding hydrogens is 426 g/mol. The quantitative estimate of drug-likeness (QED) is 0.227. The van der Waals surface area contributed by atoms with Gasteiger partial charge < -0.3 is 0 Å². The van der Waals surface area contributed by atoms with E-state index in [2.05, 4.69) is 18.5 Å². The lowest BCUT2D eigenvalue weighted by Crippen LogP contribution is -2.43. The maximum absolute atomic E-state index is 14.0. The first-order valence-corrected chi connectivity index (χ1v) is 12.2. The van der Waals surface area contributed by atoms with Crippen LogP contribution in [0.4, 0.5) is 17.6 Å². The number of halogens is 4. The second-order valence-electron chi connectivity index (χ2n) is 9.56. The zero-order chi connectivity index (χ0) is 23.9. The second-order valence-corrected chi connectivity index (χ2v) is 9.56. The lowest BCUT2D eigenvalue weighted by molar-refractivity contribution is -0.253. The van der Waals surface area contributed by atoms with E-state index in [4.69, 9.17) is 0 Å². The molecule has 180 valence electrons. The van der Waals surface area contributed by atoms with Gasteiger partial charge in [-0.2, -0.15) is 13.2 Å². The molecule has 33 heavy (non-hydrogen) atoms. The minimum Gasteiger partial charge on any atom is -0.256 e. The molecule has 1 aromatic carbocycles. The fourth-order valence-electron chi connectivity index (χ4n) is 4.98. The molecule has 2 aromatic rings. The van der Waals surface area contributed by atoms with Crippen molar-refractivity contribution >= 4 is 6.08 Å². The normalized spacial score (nSPS) is 16.3. The molecule has 1 fully saturated rings. The molecule has 0 bridgehead atoms. The summed E-state index contributed by atoms with van der Waals surface area (Å²) in [5, 5.41) is 0. The van der Waals surface area contributed by atoms with Crippen LogP contribution in [0.3, 0.4) is 0 Å². The van der Waals surface area contributed by atoms with Gasteiger partial charge in [0.05, 0.1) is 11.1 Å². The van der Waals surface area contributed by atoms with Crippen molar-refractivity contribution in [3.63, 3.8) is 0 Å². The molecule has 1 aliphatic rings. The zero-order valence-corrected chi connectivity index (χ0v) is 19.6. The number of hydrogen-bond acceptors (Lipinski definition) is 1. The Morgan fingerprint density at radius 1 is 1.09 bits per heavy atom. The number of alkyl halides is 3. The van der Waals surface area contributed by atoms with E-state index in [1.807, 2.05) is 24.4 Å². The van der Waals surface area contributed by atoms with E-state index < -0.39 is 11.6 Å². The highest BCUT2D eigenvalue weighted by Crippen LogP contribution is 2.56. The summed E-state index contributed by atoms with van der Waals surface area (Å²) in [4.78, 5) is 4.51. The Morgan fingerprint density at radius 3 is 2.42 bits per heavy atom. The number of aryl methyl sites for hydroxylation is 1. The third-order valence-electron chi connectivity index (χ3n) is 7.31. The van der Waals surface area contributed by atoms with Crippen LogP contribution in [0, 0.1) is 17.2 Å². The largest absolute Gasteiger partial charge is 0.394 e. The van der Waals surface area contributed by atoms with Gasteiger partial charge in [-0.3, -0.25) is 4.98 Å². The van der Waals surface area contributed by atoms with E-state index >= 15 is 0 Å². The van der Waals surface area contributed by atoms with Crippen LogP contribution in [0.1, 0.15) is 82.3 Å². The third-order valence-corrected chi connectivity index (χ3v) is 7.31. The van der Waals surface area contributed by atoms with Crippen molar-refractivity contribution in [2.75, 3.05) is 0 Å². The Labute approximate surface area is 195 Å². The van der Waals surface area contributed by atoms with Crippen LogP contribution >= 0.6 is 0 Å². The predicted octanol–water partition coefficient (Wildman–Crippen LogP) is 9.17. The van der Waals surface area contributed by atoms with Crippen LogP contribution in [-0.2, 0) is 6.42 Å². The summed E-state index contributed by atoms with van der Waals surface area (Å²) in [7, 11) is 0. The minimum atomic E-state index is -4.05. The number of hydrogen-bond donors (Lipinski definition) is 0. The highest BCUT2D eigenvalue weighted by atomic mass is 19.4. The van der Waals surface area contributed by atoms with Crippen molar-refractivity contribution in [3.05, 3.63) is 60.1 Å². The lowest BCUT2D eigenvalue weighted by atomic mass is 9.65. The van der Waals surface area contributed by atoms with Gasteiger partial charge in [0.25, 0.3) is 0 Å². The topological polar surface area (TPSA) is 12.9 Å². The first kappa shape index (κ1) is 25.5. The van der Waals surface area contributed by atoms with E-state index in [-0.39, 0.29) is 12.2 Å². The monoisotopic (exact) mass is 461 g/mol. The lowest BCUT2D eigenvalue weighted by Gasteiger charge is -2.43. The van der Waals surface area contributed by atoms with Gasteiger partial charge in [0.2, 0.25) is 0 Å². The average Bonchev–Trinajstić information content (AvgIpc) is 2.75. The number of aromatic nitrogens is 1. The molecule has 1 aromatic heterocycles. The summed E-state index contributed by atoms with van der Waals surface area (Å²) < 4.78 is 54.0. The summed E-state index contributed by atoms with van der Waals surface area (Å²) in [5.41, 5.74) is 1.67. The summed E-state index contributed by atoms with van der Waals surface area (Å²) in [6.07, 6.45) is 7.52. The van der Waals surface area contributed by atoms with Gasteiger partial charge in [0.1, 0.15) is 5.82 Å². The van der Waals surface area contributed by atoms with Crippen molar-refractivity contribution < 1.29 is 17.6 Å². The molecule has 0 spiro atoms. The van der Waals surface area contributed by atoms with Crippen molar-refractivity contribution in [2.45, 2.75) is 83.7 Å². The van der Waals surface area contributed by atoms with Gasteiger partial charge in [-0.05, 0) is 55.7 Å². The smallest absolute Gasteiger partial charge is 0.256 e. The highest BCUT2D eigenvalue weighted by Gasteiger charge is 2.57. The predicted molar refractivity (Wildman–Crippen MR) is 127 cm³/mol. The third kappa shape index (κ3) is 6.45. The summed E-state index contributed by atoms with van der Waals surface area (Å²) >= 11 is 0. The molecule has 0 N–H and O–H groups in total. The van der Waals surface area contributed by atoms with Crippen molar-refractivity contribution in [3.8, 4) is 11.3 Å². The average molecular weight is 462 g/mol. The number of rotatable bonds is 12. The molecule has 0 radical (unpaired) electrons. The minimum absolute atomic E-state index is 0.287. The van der Waals surface area contributed by atoms with Gasteiger partial charge in [-0.15, -0.1) is 0 Å². The van der Waals surface area contributed by atoms with E-state index in [0.29, 0.717) is 37.2 Å². The number of nitrogens with zero attached hydrogens (tertiary/aromatic N) is 1. The van der Waals surface area contributed by atoms with Crippen LogP contribution in [0.2, 0.25) is 0 Å². The highest BCUT2D eigenvalue weighted by molar-refractivity contribution is 5.62. The van der Waals surface area contributed by atoms with Crippen LogP contribution in [0.15, 0.2) is 43.1 Å². The van der Waals surface area contributed by atoms with Gasteiger partial charge in [0, 0.05) is 17.3 Å². The molecule has 1 heterocycles. The van der Waals surface area contributed by atoms with Gasteiger partial charge in [0.15, 0.2) is 0 Å². The van der Waals surface area contributed by atoms with Crippen molar-refractivity contribution in [1.82, 2.24) is 4.98 Å². The fraction of sp³-hybridized carbons (Fsp3) is 0.536. The molecule has 5 heteroatoms. The number of pyridine rings is 1. The maximum Gasteiger partial charge on any atom is 0.394 e. The Kier molecular flexibility index (Phi) is 8.72. The molecule has 3 rings (SSSR count). The van der Waals surface area contributed by atoms with E-state index in [1.54, 1.807) is 6.07 Å². The molecular formula is C28H35F4N. The zero-order valence-electron chi connectivity index (χ0n) is 19.6. The molecule has 0 aliphatic heterocycles. The summed E-state index contributed by atoms with van der Waals surface area (Å²) in [6.45, 7) is 5.76. The SMILES string of the molecule is C=Cc1ccc(-c2ccc(CCC(CCC)CCCCC3(C(F)(F)F)CCC3)cn2)cc1F. The standard InChI is InChI=1S/C28H35F4N/c1-3-8-21(9-5-6-16-27(17-7-18-27)28(30,31)32)10-11-22-12-15-26(33-20-22)24-14-13-23(4-2)25(29)19-24/h4,12-15,19-21H,2-3,5-11,16-18H2,1H3. The molecule has 1 unspecified atom stereocenters. The summed E-state index contributed by atoms with van der Waals surface area (Å²) in [6, 6.07) is 8.97. The molecule has 1 atom stereocenters. The molecule has 1 aliphatic carbocycles. The number of unbranched alkanes of at least 4 members (excludes halogenated alkanes) is 1. The fourth-order valence-corrected chi connectivity index (χ4v) is 4.98. The van der Waals surface area contributed by atoms with Gasteiger partial charge in [-0.25, -0.2) is 4.39 Å². The molecule has 1 saturated carbocycles. The van der Waals surface area contributed by atoms with E-state index in [0.717, 1.165) is 55.3 Å². The van der Waals surface area contributed by atoms with E-state index in [1.165, 1.54) is 12.1 Å².